The van der Waals surface area contributed by atoms with Crippen molar-refractivity contribution in [2.24, 2.45) is 7.05 Å². The van der Waals surface area contributed by atoms with Crippen molar-refractivity contribution in [3.05, 3.63) is 53.9 Å². The maximum Gasteiger partial charge on any atom is 0.168 e. The van der Waals surface area contributed by atoms with Gasteiger partial charge in [-0.25, -0.2) is 0 Å². The van der Waals surface area contributed by atoms with E-state index < -0.39 is 0 Å². The highest BCUT2D eigenvalue weighted by atomic mass is 16.5. The van der Waals surface area contributed by atoms with E-state index in [0.717, 1.165) is 16.9 Å². The first-order valence-electron chi connectivity index (χ1n) is 5.47. The zero-order valence-corrected chi connectivity index (χ0v) is 10.0. The van der Waals surface area contributed by atoms with Crippen molar-refractivity contribution in [1.29, 1.82) is 0 Å². The summed E-state index contributed by atoms with van der Waals surface area (Å²) in [6, 6.07) is 9.41. The predicted octanol–water partition coefficient (Wildman–Crippen LogP) is 2.46. The van der Waals surface area contributed by atoms with Crippen molar-refractivity contribution in [2.75, 3.05) is 7.11 Å². The largest absolute Gasteiger partial charge is 0.497 e. The standard InChI is InChI=1S/C14H15NO2/c1-15-8-7-12(10-15)14(16)9-11-3-5-13(17-2)6-4-11/h3-8,10H,9H2,1-2H3. The summed E-state index contributed by atoms with van der Waals surface area (Å²) in [5.74, 6) is 0.941. The Kier molecular flexibility index (Phi) is 3.28. The number of hydrogen-bond donors (Lipinski definition) is 0. The molecule has 0 bridgehead atoms. The van der Waals surface area contributed by atoms with Gasteiger partial charge in [0.05, 0.1) is 7.11 Å². The third kappa shape index (κ3) is 2.75. The molecule has 0 aliphatic heterocycles. The second kappa shape index (κ2) is 4.87. The van der Waals surface area contributed by atoms with Crippen LogP contribution in [0.25, 0.3) is 0 Å². The summed E-state index contributed by atoms with van der Waals surface area (Å²) in [6.45, 7) is 0. The number of aromatic nitrogens is 1. The lowest BCUT2D eigenvalue weighted by molar-refractivity contribution is 0.0993. The lowest BCUT2D eigenvalue weighted by atomic mass is 10.1. The van der Waals surface area contributed by atoms with Crippen LogP contribution in [0.4, 0.5) is 0 Å². The Morgan fingerprint density at radius 3 is 2.47 bits per heavy atom. The van der Waals surface area contributed by atoms with E-state index in [4.69, 9.17) is 4.74 Å². The number of Topliss-reactive ketones (excluding diaryl/α,β-unsaturated/α-hetero) is 1. The van der Waals surface area contributed by atoms with Gasteiger partial charge in [-0.2, -0.15) is 0 Å². The molecule has 0 amide bonds. The Morgan fingerprint density at radius 1 is 1.24 bits per heavy atom. The Hall–Kier alpha value is -2.03. The van der Waals surface area contributed by atoms with Gasteiger partial charge in [-0.05, 0) is 23.8 Å². The minimum atomic E-state index is 0.135. The van der Waals surface area contributed by atoms with Crippen LogP contribution in [0.5, 0.6) is 5.75 Å². The average molecular weight is 229 g/mol. The molecule has 3 heteroatoms. The molecular weight excluding hydrogens is 214 g/mol. The Balaban J connectivity index is 2.07. The number of methoxy groups -OCH3 is 1. The summed E-state index contributed by atoms with van der Waals surface area (Å²) < 4.78 is 6.95. The van der Waals surface area contributed by atoms with E-state index in [-0.39, 0.29) is 5.78 Å². The fraction of sp³-hybridized carbons (Fsp3) is 0.214. The summed E-state index contributed by atoms with van der Waals surface area (Å²) >= 11 is 0. The van der Waals surface area contributed by atoms with E-state index in [0.29, 0.717) is 6.42 Å². The smallest absolute Gasteiger partial charge is 0.168 e. The molecule has 0 fully saturated rings. The molecule has 1 aromatic heterocycles. The number of carbonyl (C=O) groups is 1. The van der Waals surface area contributed by atoms with Gasteiger partial charge in [0.2, 0.25) is 0 Å². The van der Waals surface area contributed by atoms with Crippen molar-refractivity contribution in [1.82, 2.24) is 4.57 Å². The van der Waals surface area contributed by atoms with E-state index in [1.54, 1.807) is 7.11 Å². The average Bonchev–Trinajstić information content (AvgIpc) is 2.77. The maximum absolute atomic E-state index is 11.9. The zero-order valence-electron chi connectivity index (χ0n) is 10.0. The number of ketones is 1. The van der Waals surface area contributed by atoms with Gasteiger partial charge >= 0.3 is 0 Å². The number of benzene rings is 1. The van der Waals surface area contributed by atoms with Gasteiger partial charge in [-0.1, -0.05) is 12.1 Å². The monoisotopic (exact) mass is 229 g/mol. The van der Waals surface area contributed by atoms with E-state index in [1.165, 1.54) is 0 Å². The molecule has 88 valence electrons. The van der Waals surface area contributed by atoms with Crippen molar-refractivity contribution in [2.45, 2.75) is 6.42 Å². The van der Waals surface area contributed by atoms with Gasteiger partial charge in [0.1, 0.15) is 5.75 Å². The highest BCUT2D eigenvalue weighted by Crippen LogP contribution is 2.13. The van der Waals surface area contributed by atoms with Crippen LogP contribution < -0.4 is 4.74 Å². The van der Waals surface area contributed by atoms with Crippen molar-refractivity contribution in [3.63, 3.8) is 0 Å². The first kappa shape index (κ1) is 11.5. The van der Waals surface area contributed by atoms with Crippen LogP contribution in [0.2, 0.25) is 0 Å². The SMILES string of the molecule is COc1ccc(CC(=O)c2ccn(C)c2)cc1. The molecule has 0 atom stereocenters. The van der Waals surface area contributed by atoms with Gasteiger partial charge in [0.25, 0.3) is 0 Å². The normalized spacial score (nSPS) is 10.2. The van der Waals surface area contributed by atoms with Gasteiger partial charge in [0, 0.05) is 31.4 Å². The summed E-state index contributed by atoms with van der Waals surface area (Å²) in [4.78, 5) is 11.9. The minimum Gasteiger partial charge on any atom is -0.497 e. The van der Waals surface area contributed by atoms with Gasteiger partial charge in [-0.15, -0.1) is 0 Å². The summed E-state index contributed by atoms with van der Waals surface area (Å²) in [5, 5.41) is 0. The molecule has 1 heterocycles. The molecule has 1 aromatic carbocycles. The Bertz CT molecular complexity index is 511. The summed E-state index contributed by atoms with van der Waals surface area (Å²) in [5.41, 5.74) is 1.75. The number of aryl methyl sites for hydroxylation is 1. The number of carbonyl (C=O) groups excluding carboxylic acids is 1. The topological polar surface area (TPSA) is 31.2 Å². The highest BCUT2D eigenvalue weighted by molar-refractivity contribution is 5.97. The van der Waals surface area contributed by atoms with Crippen molar-refractivity contribution >= 4 is 5.78 Å². The highest BCUT2D eigenvalue weighted by Gasteiger charge is 2.07. The minimum absolute atomic E-state index is 0.135. The lowest BCUT2D eigenvalue weighted by Gasteiger charge is -2.02. The fourth-order valence-corrected chi connectivity index (χ4v) is 1.70. The van der Waals surface area contributed by atoms with E-state index >= 15 is 0 Å². The van der Waals surface area contributed by atoms with Gasteiger partial charge in [-0.3, -0.25) is 4.79 Å². The Morgan fingerprint density at radius 2 is 1.94 bits per heavy atom. The fourth-order valence-electron chi connectivity index (χ4n) is 1.70. The van der Waals surface area contributed by atoms with Crippen LogP contribution in [-0.4, -0.2) is 17.5 Å². The van der Waals surface area contributed by atoms with E-state index in [2.05, 4.69) is 0 Å². The third-order valence-electron chi connectivity index (χ3n) is 2.68. The van der Waals surface area contributed by atoms with E-state index in [1.807, 2.05) is 54.3 Å². The van der Waals surface area contributed by atoms with Gasteiger partial charge in [0.15, 0.2) is 5.78 Å². The zero-order chi connectivity index (χ0) is 12.3. The molecule has 0 aliphatic rings. The molecule has 0 saturated carbocycles. The van der Waals surface area contributed by atoms with Crippen LogP contribution in [0, 0.1) is 0 Å². The second-order valence-electron chi connectivity index (χ2n) is 4.01. The number of hydrogen-bond acceptors (Lipinski definition) is 2. The molecule has 0 saturated heterocycles. The van der Waals surface area contributed by atoms with Gasteiger partial charge < -0.3 is 9.30 Å². The number of nitrogens with zero attached hydrogens (tertiary/aromatic N) is 1. The third-order valence-corrected chi connectivity index (χ3v) is 2.68. The molecule has 2 rings (SSSR count). The van der Waals surface area contributed by atoms with Crippen LogP contribution in [0.15, 0.2) is 42.7 Å². The maximum atomic E-state index is 11.9. The van der Waals surface area contributed by atoms with Crippen LogP contribution >= 0.6 is 0 Å². The van der Waals surface area contributed by atoms with Crippen LogP contribution in [0.1, 0.15) is 15.9 Å². The second-order valence-corrected chi connectivity index (χ2v) is 4.01. The molecule has 3 nitrogen and oxygen atoms in total. The van der Waals surface area contributed by atoms with E-state index in [9.17, 15) is 4.79 Å². The molecule has 0 radical (unpaired) electrons. The van der Waals surface area contributed by atoms with Crippen molar-refractivity contribution < 1.29 is 9.53 Å². The van der Waals surface area contributed by atoms with Crippen LogP contribution in [-0.2, 0) is 13.5 Å². The Labute approximate surface area is 101 Å². The number of ether oxygens (including phenoxy) is 1. The molecule has 0 spiro atoms. The quantitative estimate of drug-likeness (QED) is 0.754. The summed E-state index contributed by atoms with van der Waals surface area (Å²) in [6.07, 6.45) is 4.14. The molecule has 0 unspecified atom stereocenters. The first-order chi connectivity index (χ1) is 8.19. The molecule has 17 heavy (non-hydrogen) atoms. The van der Waals surface area contributed by atoms with Crippen LogP contribution in [0.3, 0.4) is 0 Å². The molecule has 0 aliphatic carbocycles. The number of rotatable bonds is 4. The predicted molar refractivity (Wildman–Crippen MR) is 66.4 cm³/mol. The molecule has 0 N–H and O–H groups in total. The van der Waals surface area contributed by atoms with Crippen molar-refractivity contribution in [3.8, 4) is 5.75 Å². The molecular formula is C14H15NO2. The molecule has 2 aromatic rings. The lowest BCUT2D eigenvalue weighted by Crippen LogP contribution is -2.02. The first-order valence-corrected chi connectivity index (χ1v) is 5.47. The summed E-state index contributed by atoms with van der Waals surface area (Å²) in [7, 11) is 3.54.